The first-order valence-electron chi connectivity index (χ1n) is 4.36. The van der Waals surface area contributed by atoms with Gasteiger partial charge in [-0.15, -0.1) is 0 Å². The van der Waals surface area contributed by atoms with E-state index in [4.69, 9.17) is 14.6 Å². The lowest BCUT2D eigenvalue weighted by molar-refractivity contribution is -0.131. The predicted molar refractivity (Wildman–Crippen MR) is 49.4 cm³/mol. The van der Waals surface area contributed by atoms with Crippen LogP contribution in [-0.2, 0) is 4.79 Å². The zero-order valence-corrected chi connectivity index (χ0v) is 7.73. The van der Waals surface area contributed by atoms with Crippen molar-refractivity contribution in [2.45, 2.75) is 0 Å². The smallest absolute Gasteiger partial charge is 0.377 e. The number of ether oxygens (including phenoxy) is 2. The van der Waals surface area contributed by atoms with Gasteiger partial charge in [0.15, 0.2) is 11.5 Å². The molecule has 1 aromatic carbocycles. The molecule has 0 fully saturated rings. The highest BCUT2D eigenvalue weighted by atomic mass is 16.6. The van der Waals surface area contributed by atoms with Crippen LogP contribution in [0.1, 0.15) is 10.4 Å². The van der Waals surface area contributed by atoms with Crippen molar-refractivity contribution >= 4 is 11.8 Å². The Labute approximate surface area is 85.2 Å². The standard InChI is InChI=1S/C10H8O5/c11-9(10(12)13)6-1-2-7-8(5-6)15-4-3-14-7/h1-2,5H,3-4H2,(H,12,13). The Balaban J connectivity index is 2.36. The number of rotatable bonds is 2. The molecule has 15 heavy (non-hydrogen) atoms. The molecule has 0 amide bonds. The molecule has 1 aromatic rings. The third kappa shape index (κ3) is 1.76. The van der Waals surface area contributed by atoms with Crippen LogP contribution in [0.4, 0.5) is 0 Å². The minimum Gasteiger partial charge on any atom is -0.486 e. The van der Waals surface area contributed by atoms with Crippen LogP contribution in [-0.4, -0.2) is 30.1 Å². The minimum atomic E-state index is -1.48. The molecule has 0 atom stereocenters. The molecule has 2 rings (SSSR count). The Bertz CT molecular complexity index is 424. The number of carbonyl (C=O) groups excluding carboxylic acids is 1. The van der Waals surface area contributed by atoms with Gasteiger partial charge in [0.1, 0.15) is 13.2 Å². The molecule has 78 valence electrons. The number of aliphatic carboxylic acids is 1. The molecule has 5 nitrogen and oxygen atoms in total. The van der Waals surface area contributed by atoms with E-state index in [9.17, 15) is 9.59 Å². The van der Waals surface area contributed by atoms with Gasteiger partial charge in [0.2, 0.25) is 0 Å². The normalized spacial score (nSPS) is 13.3. The second kappa shape index (κ2) is 3.61. The van der Waals surface area contributed by atoms with E-state index in [1.807, 2.05) is 0 Å². The molecule has 0 saturated carbocycles. The predicted octanol–water partition coefficient (Wildman–Crippen LogP) is 0.725. The van der Waals surface area contributed by atoms with Gasteiger partial charge in [-0.1, -0.05) is 0 Å². The topological polar surface area (TPSA) is 72.8 Å². The third-order valence-corrected chi connectivity index (χ3v) is 2.00. The van der Waals surface area contributed by atoms with E-state index in [1.165, 1.54) is 18.2 Å². The van der Waals surface area contributed by atoms with Gasteiger partial charge in [-0.2, -0.15) is 0 Å². The highest BCUT2D eigenvalue weighted by Gasteiger charge is 2.18. The molecule has 0 spiro atoms. The molecule has 0 bridgehead atoms. The van der Waals surface area contributed by atoms with Gasteiger partial charge in [-0.25, -0.2) is 4.79 Å². The maximum atomic E-state index is 11.1. The van der Waals surface area contributed by atoms with Gasteiger partial charge in [0.05, 0.1) is 0 Å². The van der Waals surface area contributed by atoms with E-state index in [2.05, 4.69) is 0 Å². The molecule has 0 aliphatic carbocycles. The van der Waals surface area contributed by atoms with E-state index in [-0.39, 0.29) is 5.56 Å². The van der Waals surface area contributed by atoms with E-state index in [1.54, 1.807) is 0 Å². The monoisotopic (exact) mass is 208 g/mol. The summed E-state index contributed by atoms with van der Waals surface area (Å²) < 4.78 is 10.5. The number of carboxylic acids is 1. The summed E-state index contributed by atoms with van der Waals surface area (Å²) in [7, 11) is 0. The van der Waals surface area contributed by atoms with Crippen LogP contribution in [0.3, 0.4) is 0 Å². The van der Waals surface area contributed by atoms with Crippen LogP contribution < -0.4 is 9.47 Å². The van der Waals surface area contributed by atoms with Crippen molar-refractivity contribution in [2.75, 3.05) is 13.2 Å². The van der Waals surface area contributed by atoms with Crippen molar-refractivity contribution < 1.29 is 24.2 Å². The number of benzene rings is 1. The van der Waals surface area contributed by atoms with Crippen molar-refractivity contribution in [3.05, 3.63) is 23.8 Å². The van der Waals surface area contributed by atoms with Crippen LogP contribution in [0.5, 0.6) is 11.5 Å². The SMILES string of the molecule is O=C(O)C(=O)c1ccc2c(c1)OCCO2. The average molecular weight is 208 g/mol. The number of carboxylic acid groups (broad SMARTS) is 1. The molecule has 1 aliphatic heterocycles. The summed E-state index contributed by atoms with van der Waals surface area (Å²) >= 11 is 0. The van der Waals surface area contributed by atoms with Crippen LogP contribution in [0.2, 0.25) is 0 Å². The van der Waals surface area contributed by atoms with Crippen molar-refractivity contribution in [2.24, 2.45) is 0 Å². The van der Waals surface area contributed by atoms with Crippen molar-refractivity contribution in [3.8, 4) is 11.5 Å². The number of ketones is 1. The van der Waals surface area contributed by atoms with Crippen molar-refractivity contribution in [1.29, 1.82) is 0 Å². The van der Waals surface area contributed by atoms with E-state index in [0.717, 1.165) is 0 Å². The third-order valence-electron chi connectivity index (χ3n) is 2.00. The van der Waals surface area contributed by atoms with Crippen LogP contribution in [0, 0.1) is 0 Å². The Morgan fingerprint density at radius 1 is 1.13 bits per heavy atom. The second-order valence-corrected chi connectivity index (χ2v) is 2.99. The van der Waals surface area contributed by atoms with Gasteiger partial charge >= 0.3 is 5.97 Å². The van der Waals surface area contributed by atoms with Gasteiger partial charge in [0.25, 0.3) is 5.78 Å². The first-order valence-corrected chi connectivity index (χ1v) is 4.36. The Hall–Kier alpha value is -2.04. The van der Waals surface area contributed by atoms with E-state index in [0.29, 0.717) is 24.7 Å². The molecular weight excluding hydrogens is 200 g/mol. The molecule has 0 radical (unpaired) electrons. The summed E-state index contributed by atoms with van der Waals surface area (Å²) in [6.45, 7) is 0.858. The van der Waals surface area contributed by atoms with Crippen molar-refractivity contribution in [3.63, 3.8) is 0 Å². The maximum Gasteiger partial charge on any atom is 0.377 e. The molecule has 1 N–H and O–H groups in total. The fourth-order valence-corrected chi connectivity index (χ4v) is 1.31. The molecular formula is C10H8O5. The average Bonchev–Trinajstić information content (AvgIpc) is 2.27. The Morgan fingerprint density at radius 3 is 2.47 bits per heavy atom. The van der Waals surface area contributed by atoms with E-state index < -0.39 is 11.8 Å². The quantitative estimate of drug-likeness (QED) is 0.572. The second-order valence-electron chi connectivity index (χ2n) is 2.99. The zero-order valence-electron chi connectivity index (χ0n) is 7.73. The van der Waals surface area contributed by atoms with Crippen LogP contribution >= 0.6 is 0 Å². The highest BCUT2D eigenvalue weighted by Crippen LogP contribution is 2.30. The zero-order chi connectivity index (χ0) is 10.8. The molecule has 0 aromatic heterocycles. The molecule has 1 aliphatic rings. The molecule has 5 heteroatoms. The summed E-state index contributed by atoms with van der Waals surface area (Å²) in [6, 6.07) is 4.32. The van der Waals surface area contributed by atoms with Crippen molar-refractivity contribution in [1.82, 2.24) is 0 Å². The number of hydrogen-bond acceptors (Lipinski definition) is 4. The van der Waals surface area contributed by atoms with Gasteiger partial charge < -0.3 is 14.6 Å². The Morgan fingerprint density at radius 2 is 1.80 bits per heavy atom. The fourth-order valence-electron chi connectivity index (χ4n) is 1.31. The van der Waals surface area contributed by atoms with Gasteiger partial charge in [0, 0.05) is 5.56 Å². The lowest BCUT2D eigenvalue weighted by Gasteiger charge is -2.18. The Kier molecular flexibility index (Phi) is 2.29. The number of carbonyl (C=O) groups is 2. The van der Waals surface area contributed by atoms with Gasteiger partial charge in [-0.3, -0.25) is 4.79 Å². The molecule has 0 saturated heterocycles. The van der Waals surface area contributed by atoms with Crippen LogP contribution in [0.25, 0.3) is 0 Å². The maximum absolute atomic E-state index is 11.1. The fraction of sp³-hybridized carbons (Fsp3) is 0.200. The first kappa shape index (κ1) is 9.51. The summed E-state index contributed by atoms with van der Waals surface area (Å²) in [5, 5.41) is 8.52. The number of Topliss-reactive ketones (excluding diaryl/α,β-unsaturated/α-hetero) is 1. The van der Waals surface area contributed by atoms with Gasteiger partial charge in [-0.05, 0) is 18.2 Å². The molecule has 0 unspecified atom stereocenters. The number of hydrogen-bond donors (Lipinski definition) is 1. The summed E-state index contributed by atoms with van der Waals surface area (Å²) in [5.41, 5.74) is 0.0896. The largest absolute Gasteiger partial charge is 0.486 e. The van der Waals surface area contributed by atoms with E-state index >= 15 is 0 Å². The highest BCUT2D eigenvalue weighted by molar-refractivity contribution is 6.39. The minimum absolute atomic E-state index is 0.0896. The number of fused-ring (bicyclic) bond motifs is 1. The summed E-state index contributed by atoms with van der Waals surface area (Å²) in [5.74, 6) is -1.49. The molecule has 1 heterocycles. The lowest BCUT2D eigenvalue weighted by atomic mass is 10.1. The first-order chi connectivity index (χ1) is 7.18. The van der Waals surface area contributed by atoms with Crippen LogP contribution in [0.15, 0.2) is 18.2 Å². The summed E-state index contributed by atoms with van der Waals surface area (Å²) in [6.07, 6.45) is 0. The summed E-state index contributed by atoms with van der Waals surface area (Å²) in [4.78, 5) is 21.6. The lowest BCUT2D eigenvalue weighted by Crippen LogP contribution is -2.17.